The first-order chi connectivity index (χ1) is 12.4. The highest BCUT2D eigenvalue weighted by molar-refractivity contribution is 7.78. The molecular weight excluding hydrogens is 360 g/mol. The van der Waals surface area contributed by atoms with E-state index in [1.54, 1.807) is 30.3 Å². The van der Waals surface area contributed by atoms with Gasteiger partial charge in [-0.2, -0.15) is 8.51 Å². The number of hydrogen-bond acceptors (Lipinski definition) is 6. The Morgan fingerprint density at radius 3 is 2.46 bits per heavy atom. The lowest BCUT2D eigenvalue weighted by Gasteiger charge is -2.19. The number of esters is 1. The normalized spacial score (nSPS) is 11.8. The number of nitrogens with zero attached hydrogens (tertiary/aromatic N) is 2. The van der Waals surface area contributed by atoms with Gasteiger partial charge >= 0.3 is 5.97 Å². The van der Waals surface area contributed by atoms with Crippen LogP contribution in [0.1, 0.15) is 11.1 Å². The quantitative estimate of drug-likeness (QED) is 0.398. The topological polar surface area (TPSA) is 99.0 Å². The molecule has 0 fully saturated rings. The molecule has 0 radical (unpaired) electrons. The van der Waals surface area contributed by atoms with Crippen LogP contribution in [0.4, 0.5) is 5.69 Å². The molecule has 0 saturated carbocycles. The van der Waals surface area contributed by atoms with Crippen molar-refractivity contribution >= 4 is 22.9 Å². The molecule has 26 heavy (non-hydrogen) atoms. The van der Waals surface area contributed by atoms with Gasteiger partial charge in [-0.25, -0.2) is 0 Å². The van der Waals surface area contributed by atoms with Crippen molar-refractivity contribution in [1.29, 1.82) is 0 Å². The number of benzene rings is 2. The third kappa shape index (κ3) is 5.36. The molecule has 0 amide bonds. The molecule has 1 atom stereocenters. The average Bonchev–Trinajstić information content (AvgIpc) is 2.63. The summed E-state index contributed by atoms with van der Waals surface area (Å²) >= 11 is -2.05. The van der Waals surface area contributed by atoms with Gasteiger partial charge in [0.1, 0.15) is 12.3 Å². The molecule has 0 bridgehead atoms. The number of methoxy groups -OCH3 is 1. The number of hydrogen-bond donors (Lipinski definition) is 0. The van der Waals surface area contributed by atoms with Crippen molar-refractivity contribution in [3.05, 3.63) is 69.8 Å². The highest BCUT2D eigenvalue weighted by Gasteiger charge is 2.24. The molecule has 0 aliphatic carbocycles. The van der Waals surface area contributed by atoms with Crippen LogP contribution in [0.25, 0.3) is 0 Å². The van der Waals surface area contributed by atoms with Crippen LogP contribution in [0.2, 0.25) is 0 Å². The summed E-state index contributed by atoms with van der Waals surface area (Å²) in [6.45, 7) is 1.44. The van der Waals surface area contributed by atoms with Gasteiger partial charge in [-0.1, -0.05) is 35.9 Å². The lowest BCUT2D eigenvalue weighted by Crippen LogP contribution is -2.34. The van der Waals surface area contributed by atoms with Crippen LogP contribution in [-0.2, 0) is 27.3 Å². The summed E-state index contributed by atoms with van der Waals surface area (Å²) in [6.07, 6.45) is 0. The first kappa shape index (κ1) is 19.5. The summed E-state index contributed by atoms with van der Waals surface area (Å²) in [5.74, 6) is -0.282. The minimum absolute atomic E-state index is 0.120. The molecule has 0 spiro atoms. The van der Waals surface area contributed by atoms with E-state index in [-0.39, 0.29) is 18.8 Å². The van der Waals surface area contributed by atoms with E-state index in [1.807, 2.05) is 6.92 Å². The number of carbonyl (C=O) groups is 1. The minimum Gasteiger partial charge on any atom is -0.468 e. The Morgan fingerprint density at radius 2 is 1.85 bits per heavy atom. The highest BCUT2D eigenvalue weighted by Crippen LogP contribution is 2.21. The molecule has 0 heterocycles. The molecular formula is C17H18N2O6S. The second-order valence-electron chi connectivity index (χ2n) is 5.37. The van der Waals surface area contributed by atoms with E-state index in [9.17, 15) is 19.1 Å². The molecule has 8 nitrogen and oxygen atoms in total. The Kier molecular flexibility index (Phi) is 6.81. The van der Waals surface area contributed by atoms with E-state index in [1.165, 1.54) is 25.3 Å². The fourth-order valence-electron chi connectivity index (χ4n) is 2.11. The van der Waals surface area contributed by atoms with Crippen molar-refractivity contribution in [3.8, 4) is 5.75 Å². The number of para-hydroxylation sites is 1. The van der Waals surface area contributed by atoms with Crippen LogP contribution in [-0.4, -0.2) is 33.1 Å². The number of carbonyl (C=O) groups excluding carboxylic acids is 1. The predicted octanol–water partition coefficient (Wildman–Crippen LogP) is 2.54. The van der Waals surface area contributed by atoms with Crippen LogP contribution in [0.5, 0.6) is 5.75 Å². The number of ether oxygens (including phenoxy) is 1. The van der Waals surface area contributed by atoms with Crippen LogP contribution in [0.15, 0.2) is 48.5 Å². The fourth-order valence-corrected chi connectivity index (χ4v) is 2.95. The van der Waals surface area contributed by atoms with Gasteiger partial charge in [0, 0.05) is 18.2 Å². The predicted molar refractivity (Wildman–Crippen MR) is 95.5 cm³/mol. The molecule has 0 aromatic heterocycles. The van der Waals surface area contributed by atoms with Gasteiger partial charge < -0.3 is 8.92 Å². The Balaban J connectivity index is 2.22. The molecule has 0 aliphatic rings. The minimum atomic E-state index is -2.05. The summed E-state index contributed by atoms with van der Waals surface area (Å²) in [7, 11) is 1.20. The zero-order valence-corrected chi connectivity index (χ0v) is 15.1. The maximum absolute atomic E-state index is 12.6. The first-order valence-electron chi connectivity index (χ1n) is 7.61. The van der Waals surface area contributed by atoms with Gasteiger partial charge in [-0.3, -0.25) is 14.9 Å². The maximum atomic E-state index is 12.6. The number of rotatable bonds is 8. The van der Waals surface area contributed by atoms with Crippen molar-refractivity contribution in [1.82, 2.24) is 4.31 Å². The van der Waals surface area contributed by atoms with Crippen LogP contribution >= 0.6 is 0 Å². The number of nitro groups is 1. The zero-order valence-electron chi connectivity index (χ0n) is 14.3. The van der Waals surface area contributed by atoms with E-state index in [0.717, 1.165) is 9.87 Å². The molecule has 0 N–H and O–H groups in total. The Morgan fingerprint density at radius 1 is 1.19 bits per heavy atom. The highest BCUT2D eigenvalue weighted by atomic mass is 32.2. The van der Waals surface area contributed by atoms with Crippen molar-refractivity contribution in [3.63, 3.8) is 0 Å². The summed E-state index contributed by atoms with van der Waals surface area (Å²) in [4.78, 5) is 22.3. The lowest BCUT2D eigenvalue weighted by atomic mass is 10.2. The summed E-state index contributed by atoms with van der Waals surface area (Å²) < 4.78 is 23.7. The third-order valence-corrected chi connectivity index (χ3v) is 4.48. The summed E-state index contributed by atoms with van der Waals surface area (Å²) in [5.41, 5.74) is 1.19. The average molecular weight is 378 g/mol. The smallest absolute Gasteiger partial charge is 0.321 e. The summed E-state index contributed by atoms with van der Waals surface area (Å²) in [6, 6.07) is 12.9. The van der Waals surface area contributed by atoms with E-state index < -0.39 is 22.2 Å². The van der Waals surface area contributed by atoms with Gasteiger partial charge in [0.2, 0.25) is 0 Å². The molecule has 0 saturated heterocycles. The molecule has 1 unspecified atom stereocenters. The third-order valence-electron chi connectivity index (χ3n) is 3.47. The molecule has 9 heteroatoms. The van der Waals surface area contributed by atoms with Crippen molar-refractivity contribution in [2.24, 2.45) is 0 Å². The lowest BCUT2D eigenvalue weighted by molar-refractivity contribution is -0.385. The van der Waals surface area contributed by atoms with Crippen LogP contribution in [0.3, 0.4) is 0 Å². The fraction of sp³-hybridized carbons (Fsp3) is 0.235. The Bertz CT molecular complexity index is 809. The van der Waals surface area contributed by atoms with E-state index in [4.69, 9.17) is 4.18 Å². The molecule has 2 aromatic carbocycles. The maximum Gasteiger partial charge on any atom is 0.321 e. The number of nitro benzene ring substituents is 1. The van der Waals surface area contributed by atoms with E-state index in [0.29, 0.717) is 11.3 Å². The first-order valence-corrected chi connectivity index (χ1v) is 8.65. The Hall–Kier alpha value is -2.78. The molecule has 2 aromatic rings. The number of aryl methyl sites for hydroxylation is 1. The van der Waals surface area contributed by atoms with Gasteiger partial charge in [0.05, 0.1) is 12.0 Å². The van der Waals surface area contributed by atoms with E-state index >= 15 is 0 Å². The molecule has 138 valence electrons. The van der Waals surface area contributed by atoms with Crippen LogP contribution < -0.4 is 4.18 Å². The molecule has 0 aliphatic heterocycles. The van der Waals surface area contributed by atoms with Crippen molar-refractivity contribution in [2.75, 3.05) is 13.7 Å². The largest absolute Gasteiger partial charge is 0.468 e. The summed E-state index contributed by atoms with van der Waals surface area (Å²) in [5, 5.41) is 11.2. The van der Waals surface area contributed by atoms with Gasteiger partial charge in [-0.05, 0) is 19.1 Å². The van der Waals surface area contributed by atoms with Gasteiger partial charge in [0.25, 0.3) is 17.0 Å². The zero-order chi connectivity index (χ0) is 19.1. The van der Waals surface area contributed by atoms with Crippen molar-refractivity contribution in [2.45, 2.75) is 13.5 Å². The second kappa shape index (κ2) is 9.07. The van der Waals surface area contributed by atoms with Gasteiger partial charge in [0.15, 0.2) is 0 Å². The van der Waals surface area contributed by atoms with Crippen molar-refractivity contribution < 1.29 is 22.8 Å². The van der Waals surface area contributed by atoms with Gasteiger partial charge in [-0.15, -0.1) is 0 Å². The SMILES string of the molecule is COC(=O)CN(Cc1ccccc1[N+](=O)[O-])S(=O)Oc1ccc(C)cc1. The standard InChI is InChI=1S/C17H18N2O6S/c1-13-7-9-15(10-8-13)25-26(23)18(12-17(20)24-2)11-14-5-3-4-6-16(14)19(21)22/h3-10H,11-12H2,1-2H3. The monoisotopic (exact) mass is 378 g/mol. The second-order valence-corrected chi connectivity index (χ2v) is 6.49. The molecule has 2 rings (SSSR count). The Labute approximate surface area is 153 Å². The van der Waals surface area contributed by atoms with E-state index in [2.05, 4.69) is 4.74 Å². The van der Waals surface area contributed by atoms with Crippen LogP contribution in [0, 0.1) is 17.0 Å².